The molecular weight excluding hydrogens is 414 g/mol. The van der Waals surface area contributed by atoms with Gasteiger partial charge in [0.1, 0.15) is 0 Å². The fourth-order valence-corrected chi connectivity index (χ4v) is 3.42. The number of methoxy groups -OCH3 is 1. The standard InChI is InChI=1S/C24H43NO7/c1-6-11-20(19(2)31-17-15-24(3,4)29-5)18-30-16-10-8-7-9-12-23(28)32-25-21(26)13-14-22(25)27/h19-20H,6-18H2,1-5H3. The van der Waals surface area contributed by atoms with E-state index in [4.69, 9.17) is 19.0 Å². The minimum atomic E-state index is -0.532. The summed E-state index contributed by atoms with van der Waals surface area (Å²) in [5, 5.41) is 0.603. The van der Waals surface area contributed by atoms with Crippen LogP contribution in [0.25, 0.3) is 0 Å². The molecule has 2 unspecified atom stereocenters. The highest BCUT2D eigenvalue weighted by Gasteiger charge is 2.32. The van der Waals surface area contributed by atoms with Gasteiger partial charge in [-0.2, -0.15) is 0 Å². The Bertz CT molecular complexity index is 563. The molecule has 0 aromatic heterocycles. The van der Waals surface area contributed by atoms with Crippen molar-refractivity contribution in [2.45, 2.75) is 104 Å². The monoisotopic (exact) mass is 457 g/mol. The van der Waals surface area contributed by atoms with Crippen LogP contribution < -0.4 is 0 Å². The van der Waals surface area contributed by atoms with Gasteiger partial charge in [-0.1, -0.05) is 26.2 Å². The van der Waals surface area contributed by atoms with Gasteiger partial charge in [-0.15, -0.1) is 5.06 Å². The normalized spacial score (nSPS) is 16.5. The zero-order valence-corrected chi connectivity index (χ0v) is 20.7. The highest BCUT2D eigenvalue weighted by molar-refractivity contribution is 6.01. The fraction of sp³-hybridized carbons (Fsp3) is 0.875. The van der Waals surface area contributed by atoms with E-state index in [-0.39, 0.29) is 31.0 Å². The van der Waals surface area contributed by atoms with Crippen molar-refractivity contribution in [3.63, 3.8) is 0 Å². The summed E-state index contributed by atoms with van der Waals surface area (Å²) in [6.07, 6.45) is 6.99. The number of unbranched alkanes of at least 4 members (excludes halogenated alkanes) is 3. The van der Waals surface area contributed by atoms with Crippen molar-refractivity contribution in [1.29, 1.82) is 0 Å². The molecule has 8 nitrogen and oxygen atoms in total. The molecule has 1 aliphatic heterocycles. The predicted octanol–water partition coefficient (Wildman–Crippen LogP) is 4.20. The van der Waals surface area contributed by atoms with E-state index in [1.54, 1.807) is 7.11 Å². The van der Waals surface area contributed by atoms with Crippen LogP contribution in [0.2, 0.25) is 0 Å². The first kappa shape index (κ1) is 28.5. The van der Waals surface area contributed by atoms with Crippen LogP contribution in [-0.4, -0.2) is 61.5 Å². The van der Waals surface area contributed by atoms with Gasteiger partial charge >= 0.3 is 5.97 Å². The van der Waals surface area contributed by atoms with E-state index in [1.165, 1.54) is 0 Å². The molecule has 32 heavy (non-hydrogen) atoms. The summed E-state index contributed by atoms with van der Waals surface area (Å²) in [6, 6.07) is 0. The number of imide groups is 1. The maximum Gasteiger partial charge on any atom is 0.333 e. The molecule has 0 bridgehead atoms. The van der Waals surface area contributed by atoms with Crippen LogP contribution in [0.4, 0.5) is 0 Å². The molecule has 1 aliphatic rings. The summed E-state index contributed by atoms with van der Waals surface area (Å²) in [5.74, 6) is -1.05. The van der Waals surface area contributed by atoms with Crippen LogP contribution in [0.1, 0.15) is 91.9 Å². The first-order valence-electron chi connectivity index (χ1n) is 12.0. The molecule has 1 fully saturated rings. The maximum absolute atomic E-state index is 11.8. The molecule has 0 aliphatic carbocycles. The van der Waals surface area contributed by atoms with E-state index in [2.05, 4.69) is 27.7 Å². The first-order valence-corrected chi connectivity index (χ1v) is 12.0. The summed E-state index contributed by atoms with van der Waals surface area (Å²) in [4.78, 5) is 39.5. The SMILES string of the molecule is CCCC(COCCCCCCC(=O)ON1C(=O)CCC1=O)C(C)OCCC(C)(C)OC. The lowest BCUT2D eigenvalue weighted by atomic mass is 9.99. The van der Waals surface area contributed by atoms with Crippen molar-refractivity contribution in [2.24, 2.45) is 5.92 Å². The topological polar surface area (TPSA) is 91.4 Å². The third-order valence-corrected chi connectivity index (χ3v) is 5.91. The quantitative estimate of drug-likeness (QED) is 0.225. The summed E-state index contributed by atoms with van der Waals surface area (Å²) >= 11 is 0. The Hall–Kier alpha value is -1.51. The number of carbonyl (C=O) groups is 3. The number of hydroxylamine groups is 2. The zero-order valence-electron chi connectivity index (χ0n) is 20.7. The highest BCUT2D eigenvalue weighted by atomic mass is 16.7. The molecule has 1 heterocycles. The largest absolute Gasteiger partial charge is 0.381 e. The predicted molar refractivity (Wildman–Crippen MR) is 121 cm³/mol. The Morgan fingerprint density at radius 3 is 2.34 bits per heavy atom. The average molecular weight is 458 g/mol. The van der Waals surface area contributed by atoms with Gasteiger partial charge in [0.25, 0.3) is 11.8 Å². The summed E-state index contributed by atoms with van der Waals surface area (Å²) in [7, 11) is 1.72. The Morgan fingerprint density at radius 2 is 1.72 bits per heavy atom. The first-order chi connectivity index (χ1) is 15.2. The van der Waals surface area contributed by atoms with Crippen molar-refractivity contribution in [2.75, 3.05) is 26.9 Å². The number of amides is 2. The van der Waals surface area contributed by atoms with E-state index >= 15 is 0 Å². The third kappa shape index (κ3) is 11.4. The van der Waals surface area contributed by atoms with Crippen LogP contribution >= 0.6 is 0 Å². The number of hydrogen-bond donors (Lipinski definition) is 0. The Kier molecular flexibility index (Phi) is 13.7. The number of nitrogens with zero attached hydrogens (tertiary/aromatic N) is 1. The Balaban J connectivity index is 2.10. The molecule has 0 aromatic rings. The molecule has 186 valence electrons. The van der Waals surface area contributed by atoms with Gasteiger partial charge in [-0.05, 0) is 46.5 Å². The number of carbonyl (C=O) groups excluding carboxylic acids is 3. The molecule has 0 saturated carbocycles. The molecule has 8 heteroatoms. The van der Waals surface area contributed by atoms with Gasteiger partial charge in [0.05, 0.1) is 18.3 Å². The molecule has 0 N–H and O–H groups in total. The van der Waals surface area contributed by atoms with Crippen molar-refractivity contribution in [3.05, 3.63) is 0 Å². The van der Waals surface area contributed by atoms with Crippen LogP contribution in [0, 0.1) is 5.92 Å². The van der Waals surface area contributed by atoms with E-state index in [0.29, 0.717) is 37.2 Å². The molecule has 0 spiro atoms. The minimum Gasteiger partial charge on any atom is -0.381 e. The number of ether oxygens (including phenoxy) is 3. The Labute approximate surface area is 193 Å². The van der Waals surface area contributed by atoms with E-state index in [9.17, 15) is 14.4 Å². The number of rotatable bonds is 18. The molecule has 0 radical (unpaired) electrons. The Morgan fingerprint density at radius 1 is 1.06 bits per heavy atom. The summed E-state index contributed by atoms with van der Waals surface area (Å²) in [5.41, 5.74) is -0.170. The van der Waals surface area contributed by atoms with Crippen molar-refractivity contribution >= 4 is 17.8 Å². The summed E-state index contributed by atoms with van der Waals surface area (Å²) < 4.78 is 17.4. The van der Waals surface area contributed by atoms with E-state index in [0.717, 1.165) is 38.5 Å². The van der Waals surface area contributed by atoms with Gasteiger partial charge in [0.2, 0.25) is 0 Å². The average Bonchev–Trinajstić information content (AvgIpc) is 3.06. The number of hydrogen-bond acceptors (Lipinski definition) is 7. The second kappa shape index (κ2) is 15.3. The van der Waals surface area contributed by atoms with E-state index in [1.807, 2.05) is 0 Å². The van der Waals surface area contributed by atoms with Crippen LogP contribution in [0.3, 0.4) is 0 Å². The maximum atomic E-state index is 11.8. The second-order valence-corrected chi connectivity index (χ2v) is 9.12. The highest BCUT2D eigenvalue weighted by Crippen LogP contribution is 2.19. The van der Waals surface area contributed by atoms with Crippen LogP contribution in [0.15, 0.2) is 0 Å². The molecular formula is C24H43NO7. The fourth-order valence-electron chi connectivity index (χ4n) is 3.42. The van der Waals surface area contributed by atoms with Gasteiger partial charge < -0.3 is 19.0 Å². The second-order valence-electron chi connectivity index (χ2n) is 9.12. The molecule has 2 amide bonds. The van der Waals surface area contributed by atoms with Gasteiger partial charge in [0, 0.05) is 45.5 Å². The molecule has 0 aromatic carbocycles. The third-order valence-electron chi connectivity index (χ3n) is 5.91. The molecule has 2 atom stereocenters. The molecule has 1 saturated heterocycles. The lowest BCUT2D eigenvalue weighted by Gasteiger charge is -2.27. The minimum absolute atomic E-state index is 0.113. The van der Waals surface area contributed by atoms with Crippen LogP contribution in [0.5, 0.6) is 0 Å². The molecule has 1 rings (SSSR count). The van der Waals surface area contributed by atoms with Crippen LogP contribution in [-0.2, 0) is 33.4 Å². The van der Waals surface area contributed by atoms with Gasteiger partial charge in [0.15, 0.2) is 0 Å². The van der Waals surface area contributed by atoms with Gasteiger partial charge in [-0.25, -0.2) is 4.79 Å². The van der Waals surface area contributed by atoms with E-state index < -0.39 is 17.8 Å². The van der Waals surface area contributed by atoms with Gasteiger partial charge in [-0.3, -0.25) is 9.59 Å². The van der Waals surface area contributed by atoms with Crippen molar-refractivity contribution in [3.8, 4) is 0 Å². The van der Waals surface area contributed by atoms with Crippen molar-refractivity contribution < 1.29 is 33.4 Å². The zero-order chi connectivity index (χ0) is 24.0. The lowest BCUT2D eigenvalue weighted by molar-refractivity contribution is -0.197. The smallest absolute Gasteiger partial charge is 0.333 e. The lowest BCUT2D eigenvalue weighted by Crippen LogP contribution is -2.31. The van der Waals surface area contributed by atoms with Crippen molar-refractivity contribution in [1.82, 2.24) is 5.06 Å². The summed E-state index contributed by atoms with van der Waals surface area (Å²) in [6.45, 7) is 10.5.